The third-order valence-corrected chi connectivity index (χ3v) is 3.35. The van der Waals surface area contributed by atoms with Crippen molar-refractivity contribution in [1.29, 1.82) is 0 Å². The zero-order valence-electron chi connectivity index (χ0n) is 12.1. The average molecular weight is 272 g/mol. The highest BCUT2D eigenvalue weighted by Gasteiger charge is 2.21. The number of ether oxygens (including phenoxy) is 2. The number of unbranched alkanes of at least 4 members (excludes halogenated alkanes) is 1. The molecule has 0 aromatic heterocycles. The van der Waals surface area contributed by atoms with E-state index in [-0.39, 0.29) is 5.97 Å². The van der Waals surface area contributed by atoms with Crippen LogP contribution in [-0.2, 0) is 14.3 Å². The quantitative estimate of drug-likeness (QED) is 0.504. The maximum absolute atomic E-state index is 11.6. The second-order valence-corrected chi connectivity index (χ2v) is 5.06. The Kier molecular flexibility index (Phi) is 8.79. The van der Waals surface area contributed by atoms with Gasteiger partial charge in [0.25, 0.3) is 0 Å². The van der Waals surface area contributed by atoms with E-state index in [0.29, 0.717) is 25.8 Å². The van der Waals surface area contributed by atoms with E-state index < -0.39 is 0 Å². The lowest BCUT2D eigenvalue weighted by atomic mass is 10.1. The fraction of sp³-hybridized carbons (Fsp3) is 0.929. The third-order valence-electron chi connectivity index (χ3n) is 3.35. The van der Waals surface area contributed by atoms with Crippen LogP contribution in [0, 0.1) is 0 Å². The largest absolute Gasteiger partial charge is 0.465 e. The first kappa shape index (κ1) is 16.4. The zero-order valence-corrected chi connectivity index (χ0v) is 12.1. The van der Waals surface area contributed by atoms with Crippen LogP contribution < -0.4 is 5.73 Å². The molecule has 2 N–H and O–H groups in total. The van der Waals surface area contributed by atoms with Crippen LogP contribution in [0.3, 0.4) is 0 Å². The Balaban J connectivity index is 2.07. The summed E-state index contributed by atoms with van der Waals surface area (Å²) in [4.78, 5) is 13.7. The first-order chi connectivity index (χ1) is 9.26. The number of hydrogen-bond acceptors (Lipinski definition) is 5. The molecule has 0 radical (unpaired) electrons. The Labute approximate surface area is 116 Å². The van der Waals surface area contributed by atoms with Crippen molar-refractivity contribution in [2.24, 2.45) is 5.73 Å². The van der Waals surface area contributed by atoms with Gasteiger partial charge < -0.3 is 15.2 Å². The van der Waals surface area contributed by atoms with E-state index in [1.807, 2.05) is 0 Å². The minimum atomic E-state index is -0.101. The highest BCUT2D eigenvalue weighted by Crippen LogP contribution is 2.13. The second-order valence-electron chi connectivity index (χ2n) is 5.06. The summed E-state index contributed by atoms with van der Waals surface area (Å²) in [6.45, 7) is 6.31. The summed E-state index contributed by atoms with van der Waals surface area (Å²) in [5.74, 6) is -0.101. The van der Waals surface area contributed by atoms with Gasteiger partial charge in [-0.3, -0.25) is 9.69 Å². The highest BCUT2D eigenvalue weighted by atomic mass is 16.5. The second kappa shape index (κ2) is 10.2. The minimum absolute atomic E-state index is 0.101. The van der Waals surface area contributed by atoms with E-state index in [4.69, 9.17) is 15.2 Å². The summed E-state index contributed by atoms with van der Waals surface area (Å²) in [5, 5.41) is 0. The van der Waals surface area contributed by atoms with E-state index in [1.54, 1.807) is 0 Å². The number of rotatable bonds is 9. The highest BCUT2D eigenvalue weighted by molar-refractivity contribution is 5.71. The number of carbonyl (C=O) groups excluding carboxylic acids is 1. The van der Waals surface area contributed by atoms with E-state index in [0.717, 1.165) is 51.8 Å². The van der Waals surface area contributed by atoms with Crippen LogP contribution in [0.15, 0.2) is 0 Å². The van der Waals surface area contributed by atoms with Gasteiger partial charge in [0.05, 0.1) is 19.3 Å². The normalized spacial score (nSPS) is 17.6. The van der Waals surface area contributed by atoms with Crippen molar-refractivity contribution in [3.05, 3.63) is 0 Å². The molecule has 1 fully saturated rings. The topological polar surface area (TPSA) is 64.8 Å². The van der Waals surface area contributed by atoms with Crippen molar-refractivity contribution in [1.82, 2.24) is 4.90 Å². The predicted octanol–water partition coefficient (Wildman–Crippen LogP) is 1.16. The molecule has 0 saturated carbocycles. The van der Waals surface area contributed by atoms with Crippen LogP contribution in [0.5, 0.6) is 0 Å². The summed E-state index contributed by atoms with van der Waals surface area (Å²) in [6.07, 6.45) is 5.24. The molecule has 5 heteroatoms. The van der Waals surface area contributed by atoms with Gasteiger partial charge in [-0.1, -0.05) is 13.3 Å². The maximum Gasteiger partial charge on any atom is 0.320 e. The fourth-order valence-corrected chi connectivity index (χ4v) is 2.13. The van der Waals surface area contributed by atoms with Crippen molar-refractivity contribution in [3.63, 3.8) is 0 Å². The first-order valence-electron chi connectivity index (χ1n) is 7.46. The number of nitrogens with zero attached hydrogens (tertiary/aromatic N) is 1. The zero-order chi connectivity index (χ0) is 13.9. The minimum Gasteiger partial charge on any atom is -0.465 e. The molecule has 1 aliphatic heterocycles. The SMILES string of the molecule is CCCCOC(=O)CN1CCC(OCCCN)CC1. The number of piperidine rings is 1. The molecule has 0 bridgehead atoms. The molecule has 0 amide bonds. The monoisotopic (exact) mass is 272 g/mol. The molecule has 1 rings (SSSR count). The molecule has 0 aromatic rings. The van der Waals surface area contributed by atoms with E-state index in [1.165, 1.54) is 0 Å². The molecule has 1 aliphatic rings. The van der Waals surface area contributed by atoms with Crippen LogP contribution in [-0.4, -0.2) is 56.4 Å². The van der Waals surface area contributed by atoms with Crippen molar-refractivity contribution in [3.8, 4) is 0 Å². The van der Waals surface area contributed by atoms with Crippen molar-refractivity contribution in [2.45, 2.75) is 45.1 Å². The van der Waals surface area contributed by atoms with Crippen LogP contribution in [0.1, 0.15) is 39.0 Å². The molecule has 0 aliphatic carbocycles. The van der Waals surface area contributed by atoms with E-state index >= 15 is 0 Å². The molecule has 5 nitrogen and oxygen atoms in total. The first-order valence-corrected chi connectivity index (χ1v) is 7.46. The molecule has 0 spiro atoms. The van der Waals surface area contributed by atoms with Gasteiger partial charge in [-0.25, -0.2) is 0 Å². The summed E-state index contributed by atoms with van der Waals surface area (Å²) >= 11 is 0. The van der Waals surface area contributed by atoms with Gasteiger partial charge >= 0.3 is 5.97 Å². The number of carbonyl (C=O) groups is 1. The molecule has 1 saturated heterocycles. The summed E-state index contributed by atoms with van der Waals surface area (Å²) < 4.78 is 10.9. The molecular formula is C14H28N2O3. The van der Waals surface area contributed by atoms with E-state index in [2.05, 4.69) is 11.8 Å². The number of hydrogen-bond donors (Lipinski definition) is 1. The molecule has 19 heavy (non-hydrogen) atoms. The summed E-state index contributed by atoms with van der Waals surface area (Å²) in [5.41, 5.74) is 5.43. The smallest absolute Gasteiger partial charge is 0.320 e. The molecule has 112 valence electrons. The van der Waals surface area contributed by atoms with Crippen LogP contribution in [0.4, 0.5) is 0 Å². The van der Waals surface area contributed by atoms with Gasteiger partial charge in [-0.2, -0.15) is 0 Å². The molecular weight excluding hydrogens is 244 g/mol. The van der Waals surface area contributed by atoms with Crippen LogP contribution in [0.2, 0.25) is 0 Å². The average Bonchev–Trinajstić information content (AvgIpc) is 2.41. The molecule has 0 unspecified atom stereocenters. The number of nitrogens with two attached hydrogens (primary N) is 1. The van der Waals surface area contributed by atoms with Gasteiger partial charge in [0.2, 0.25) is 0 Å². The Morgan fingerprint density at radius 3 is 2.63 bits per heavy atom. The Morgan fingerprint density at radius 1 is 1.26 bits per heavy atom. The van der Waals surface area contributed by atoms with E-state index in [9.17, 15) is 4.79 Å². The van der Waals surface area contributed by atoms with Crippen molar-refractivity contribution >= 4 is 5.97 Å². The van der Waals surface area contributed by atoms with Crippen molar-refractivity contribution in [2.75, 3.05) is 39.4 Å². The maximum atomic E-state index is 11.6. The molecule has 0 atom stereocenters. The van der Waals surface area contributed by atoms with Gasteiger partial charge in [0.15, 0.2) is 0 Å². The van der Waals surface area contributed by atoms with Crippen LogP contribution in [0.25, 0.3) is 0 Å². The number of esters is 1. The molecule has 0 aromatic carbocycles. The fourth-order valence-electron chi connectivity index (χ4n) is 2.13. The van der Waals surface area contributed by atoms with Gasteiger partial charge in [0, 0.05) is 19.7 Å². The van der Waals surface area contributed by atoms with Gasteiger partial charge in [0.1, 0.15) is 0 Å². The third kappa shape index (κ3) is 7.50. The Bertz CT molecular complexity index is 241. The van der Waals surface area contributed by atoms with Gasteiger partial charge in [-0.15, -0.1) is 0 Å². The molecule has 1 heterocycles. The van der Waals surface area contributed by atoms with Crippen molar-refractivity contribution < 1.29 is 14.3 Å². The Morgan fingerprint density at radius 2 is 2.00 bits per heavy atom. The lowest BCUT2D eigenvalue weighted by Gasteiger charge is -2.31. The number of likely N-dealkylation sites (tertiary alicyclic amines) is 1. The standard InChI is InChI=1S/C14H28N2O3/c1-2-3-10-19-14(17)12-16-8-5-13(6-9-16)18-11-4-7-15/h13H,2-12,15H2,1H3. The predicted molar refractivity (Wildman–Crippen MR) is 75.0 cm³/mol. The van der Waals surface area contributed by atoms with Crippen LogP contribution >= 0.6 is 0 Å². The Hall–Kier alpha value is -0.650. The summed E-state index contributed by atoms with van der Waals surface area (Å²) in [7, 11) is 0. The summed E-state index contributed by atoms with van der Waals surface area (Å²) in [6, 6.07) is 0. The van der Waals surface area contributed by atoms with Gasteiger partial charge in [-0.05, 0) is 32.2 Å². The lowest BCUT2D eigenvalue weighted by Crippen LogP contribution is -2.40. The lowest BCUT2D eigenvalue weighted by molar-refractivity contribution is -0.145.